The van der Waals surface area contributed by atoms with Crippen LogP contribution in [0.2, 0.25) is 0 Å². The Hall–Kier alpha value is -2.16. The average molecular weight is 243 g/mol. The Balaban J connectivity index is 2.25. The van der Waals surface area contributed by atoms with Gasteiger partial charge in [0.1, 0.15) is 5.82 Å². The molecule has 1 N–H and O–H groups in total. The van der Waals surface area contributed by atoms with E-state index in [4.69, 9.17) is 0 Å². The van der Waals surface area contributed by atoms with Gasteiger partial charge in [-0.3, -0.25) is 4.79 Å². The second-order valence-corrected chi connectivity index (χ2v) is 4.21. The van der Waals surface area contributed by atoms with Crippen LogP contribution < -0.4 is 5.32 Å². The smallest absolute Gasteiger partial charge is 0.255 e. The highest BCUT2D eigenvalue weighted by atomic mass is 19.1. The number of benzene rings is 2. The van der Waals surface area contributed by atoms with Gasteiger partial charge in [0, 0.05) is 11.3 Å². The molecule has 0 bridgehead atoms. The van der Waals surface area contributed by atoms with E-state index in [1.54, 1.807) is 18.2 Å². The van der Waals surface area contributed by atoms with Crippen LogP contribution in [0.3, 0.4) is 0 Å². The van der Waals surface area contributed by atoms with Crippen molar-refractivity contribution < 1.29 is 9.18 Å². The molecular weight excluding hydrogens is 229 g/mol. The molecule has 0 heterocycles. The zero-order valence-electron chi connectivity index (χ0n) is 10.3. The molecule has 2 nitrogen and oxygen atoms in total. The van der Waals surface area contributed by atoms with Crippen molar-refractivity contribution in [3.63, 3.8) is 0 Å². The number of anilines is 1. The summed E-state index contributed by atoms with van der Waals surface area (Å²) >= 11 is 0. The molecule has 0 aliphatic rings. The summed E-state index contributed by atoms with van der Waals surface area (Å²) in [6, 6.07) is 11.4. The summed E-state index contributed by atoms with van der Waals surface area (Å²) in [5.41, 5.74) is 3.06. The predicted octanol–water partition coefficient (Wildman–Crippen LogP) is 3.69. The number of carbonyl (C=O) groups excluding carboxylic acids is 1. The number of hydrogen-bond donors (Lipinski definition) is 1. The fraction of sp³-hybridized carbons (Fsp3) is 0.133. The summed E-state index contributed by atoms with van der Waals surface area (Å²) in [4.78, 5) is 12.1. The van der Waals surface area contributed by atoms with Crippen LogP contribution in [0.1, 0.15) is 21.5 Å². The highest BCUT2D eigenvalue weighted by Gasteiger charge is 2.10. The molecule has 0 saturated heterocycles. The van der Waals surface area contributed by atoms with Crippen molar-refractivity contribution in [3.8, 4) is 0 Å². The van der Waals surface area contributed by atoms with Gasteiger partial charge in [-0.2, -0.15) is 0 Å². The molecule has 0 atom stereocenters. The van der Waals surface area contributed by atoms with Crippen molar-refractivity contribution >= 4 is 11.6 Å². The summed E-state index contributed by atoms with van der Waals surface area (Å²) in [6.07, 6.45) is 0. The largest absolute Gasteiger partial charge is 0.322 e. The fourth-order valence-electron chi connectivity index (χ4n) is 1.76. The third-order valence-corrected chi connectivity index (χ3v) is 2.93. The SMILES string of the molecule is Cc1cccc(C(=O)Nc2cccc(F)c2)c1C. The van der Waals surface area contributed by atoms with E-state index in [0.29, 0.717) is 11.3 Å². The number of rotatable bonds is 2. The lowest BCUT2D eigenvalue weighted by Crippen LogP contribution is -2.13. The third-order valence-electron chi connectivity index (χ3n) is 2.93. The Morgan fingerprint density at radius 2 is 1.83 bits per heavy atom. The minimum Gasteiger partial charge on any atom is -0.322 e. The zero-order chi connectivity index (χ0) is 13.1. The quantitative estimate of drug-likeness (QED) is 0.856. The van der Waals surface area contributed by atoms with Gasteiger partial charge in [0.15, 0.2) is 0 Å². The van der Waals surface area contributed by atoms with Crippen molar-refractivity contribution in [2.75, 3.05) is 5.32 Å². The monoisotopic (exact) mass is 243 g/mol. The minimum absolute atomic E-state index is 0.221. The molecule has 3 heteroatoms. The highest BCUT2D eigenvalue weighted by Crippen LogP contribution is 2.16. The van der Waals surface area contributed by atoms with E-state index in [9.17, 15) is 9.18 Å². The van der Waals surface area contributed by atoms with Crippen molar-refractivity contribution in [1.82, 2.24) is 0 Å². The first-order valence-electron chi connectivity index (χ1n) is 5.71. The molecule has 0 radical (unpaired) electrons. The molecule has 2 aromatic rings. The van der Waals surface area contributed by atoms with Crippen molar-refractivity contribution in [2.45, 2.75) is 13.8 Å². The molecule has 18 heavy (non-hydrogen) atoms. The number of amides is 1. The number of nitrogens with one attached hydrogen (secondary N) is 1. The van der Waals surface area contributed by atoms with Crippen molar-refractivity contribution in [3.05, 3.63) is 65.0 Å². The fourth-order valence-corrected chi connectivity index (χ4v) is 1.76. The molecular formula is C15H14FNO. The predicted molar refractivity (Wildman–Crippen MR) is 70.3 cm³/mol. The molecule has 92 valence electrons. The first-order valence-corrected chi connectivity index (χ1v) is 5.71. The van der Waals surface area contributed by atoms with E-state index >= 15 is 0 Å². The van der Waals surface area contributed by atoms with Crippen LogP contribution in [0, 0.1) is 19.7 Å². The number of halogens is 1. The van der Waals surface area contributed by atoms with Crippen molar-refractivity contribution in [1.29, 1.82) is 0 Å². The van der Waals surface area contributed by atoms with Crippen molar-refractivity contribution in [2.24, 2.45) is 0 Å². The van der Waals surface area contributed by atoms with Crippen LogP contribution in [0.15, 0.2) is 42.5 Å². The third kappa shape index (κ3) is 2.56. The Morgan fingerprint density at radius 1 is 1.11 bits per heavy atom. The van der Waals surface area contributed by atoms with Crippen LogP contribution in [0.5, 0.6) is 0 Å². The van der Waals surface area contributed by atoms with Gasteiger partial charge in [-0.1, -0.05) is 18.2 Å². The van der Waals surface area contributed by atoms with E-state index in [1.807, 2.05) is 26.0 Å². The highest BCUT2D eigenvalue weighted by molar-refractivity contribution is 6.05. The Morgan fingerprint density at radius 3 is 2.56 bits per heavy atom. The molecule has 0 aliphatic carbocycles. The van der Waals surface area contributed by atoms with E-state index in [0.717, 1.165) is 11.1 Å². The number of aryl methyl sites for hydroxylation is 1. The maximum atomic E-state index is 13.0. The van der Waals surface area contributed by atoms with Crippen LogP contribution in [-0.4, -0.2) is 5.91 Å². The summed E-state index contributed by atoms with van der Waals surface area (Å²) in [5.74, 6) is -0.587. The summed E-state index contributed by atoms with van der Waals surface area (Å²) in [6.45, 7) is 3.85. The second-order valence-electron chi connectivity index (χ2n) is 4.21. The van der Waals surface area contributed by atoms with Crippen LogP contribution in [-0.2, 0) is 0 Å². The van der Waals surface area contributed by atoms with Gasteiger partial charge in [-0.15, -0.1) is 0 Å². The average Bonchev–Trinajstić information content (AvgIpc) is 2.32. The molecule has 0 saturated carbocycles. The van der Waals surface area contributed by atoms with E-state index in [1.165, 1.54) is 12.1 Å². The standard InChI is InChI=1S/C15H14FNO/c1-10-5-3-8-14(11(10)2)15(18)17-13-7-4-6-12(16)9-13/h3-9H,1-2H3,(H,17,18). The first-order chi connectivity index (χ1) is 8.58. The molecule has 0 spiro atoms. The second kappa shape index (κ2) is 5.00. The molecule has 1 amide bonds. The molecule has 2 rings (SSSR count). The van der Waals surface area contributed by atoms with Gasteiger partial charge in [0.05, 0.1) is 0 Å². The normalized spacial score (nSPS) is 10.2. The maximum Gasteiger partial charge on any atom is 0.255 e. The number of carbonyl (C=O) groups is 1. The molecule has 0 unspecified atom stereocenters. The lowest BCUT2D eigenvalue weighted by atomic mass is 10.0. The van der Waals surface area contributed by atoms with E-state index in [-0.39, 0.29) is 11.7 Å². The van der Waals surface area contributed by atoms with Gasteiger partial charge in [-0.25, -0.2) is 4.39 Å². The van der Waals surface area contributed by atoms with Crippen LogP contribution >= 0.6 is 0 Å². The zero-order valence-corrected chi connectivity index (χ0v) is 10.3. The lowest BCUT2D eigenvalue weighted by Gasteiger charge is -2.09. The van der Waals surface area contributed by atoms with Gasteiger partial charge in [0.25, 0.3) is 5.91 Å². The molecule has 0 fully saturated rings. The topological polar surface area (TPSA) is 29.1 Å². The first kappa shape index (κ1) is 12.3. The van der Waals surface area contributed by atoms with Crippen LogP contribution in [0.25, 0.3) is 0 Å². The summed E-state index contributed by atoms with van der Waals surface area (Å²) in [7, 11) is 0. The Bertz CT molecular complexity index is 593. The number of hydrogen-bond acceptors (Lipinski definition) is 1. The Kier molecular flexibility index (Phi) is 3.42. The summed E-state index contributed by atoms with van der Waals surface area (Å²) in [5, 5.41) is 2.69. The van der Waals surface area contributed by atoms with E-state index in [2.05, 4.69) is 5.32 Å². The minimum atomic E-state index is -0.367. The lowest BCUT2D eigenvalue weighted by molar-refractivity contribution is 0.102. The van der Waals surface area contributed by atoms with E-state index < -0.39 is 0 Å². The molecule has 2 aromatic carbocycles. The summed E-state index contributed by atoms with van der Waals surface area (Å²) < 4.78 is 13.0. The maximum absolute atomic E-state index is 13.0. The van der Waals surface area contributed by atoms with Gasteiger partial charge in [0.2, 0.25) is 0 Å². The molecule has 0 aromatic heterocycles. The Labute approximate surface area is 105 Å². The van der Waals surface area contributed by atoms with Gasteiger partial charge < -0.3 is 5.32 Å². The van der Waals surface area contributed by atoms with Gasteiger partial charge >= 0.3 is 0 Å². The van der Waals surface area contributed by atoms with Gasteiger partial charge in [-0.05, 0) is 49.2 Å². The van der Waals surface area contributed by atoms with Crippen LogP contribution in [0.4, 0.5) is 10.1 Å². The molecule has 0 aliphatic heterocycles.